The van der Waals surface area contributed by atoms with E-state index in [1.54, 1.807) is 0 Å². The lowest BCUT2D eigenvalue weighted by atomic mass is 10.1. The predicted molar refractivity (Wildman–Crippen MR) is 114 cm³/mol. The smallest absolute Gasteiger partial charge is 0.0785 e. The highest BCUT2D eigenvalue weighted by Crippen LogP contribution is 2.41. The van der Waals surface area contributed by atoms with Crippen LogP contribution in [0.4, 0.5) is 0 Å². The molecule has 0 fully saturated rings. The van der Waals surface area contributed by atoms with Crippen LogP contribution >= 0.6 is 0 Å². The van der Waals surface area contributed by atoms with Gasteiger partial charge in [-0.2, -0.15) is 0 Å². The Labute approximate surface area is 155 Å². The van der Waals surface area contributed by atoms with Crippen molar-refractivity contribution in [3.8, 4) is 0 Å². The average Bonchev–Trinajstić information content (AvgIpc) is 3.24. The Morgan fingerprint density at radius 1 is 0.481 bits per heavy atom. The average molecular weight is 344 g/mol. The molecule has 2 heteroatoms. The number of para-hydroxylation sites is 3. The molecule has 0 saturated heterocycles. The molecule has 0 atom stereocenters. The Hall–Kier alpha value is -3.52. The van der Waals surface area contributed by atoms with Crippen LogP contribution < -0.4 is 0 Å². The van der Waals surface area contributed by atoms with Gasteiger partial charge < -0.3 is 8.80 Å². The lowest BCUT2D eigenvalue weighted by Gasteiger charge is -2.12. The molecule has 0 bridgehead atoms. The molecule has 0 unspecified atom stereocenters. The molecule has 0 aliphatic carbocycles. The molecular weight excluding hydrogens is 328 g/mol. The first-order valence-corrected chi connectivity index (χ1v) is 9.40. The Balaban J connectivity index is 2.01. The summed E-state index contributed by atoms with van der Waals surface area (Å²) in [5.74, 6) is 0. The number of aryl methyl sites for hydroxylation is 1. The first-order valence-electron chi connectivity index (χ1n) is 9.40. The third-order valence-electron chi connectivity index (χ3n) is 6.16. The minimum Gasteiger partial charge on any atom is -0.305 e. The van der Waals surface area contributed by atoms with Gasteiger partial charge >= 0.3 is 0 Å². The van der Waals surface area contributed by atoms with Crippen LogP contribution in [0.5, 0.6) is 0 Å². The van der Waals surface area contributed by atoms with E-state index in [9.17, 15) is 0 Å². The fourth-order valence-corrected chi connectivity index (χ4v) is 5.11. The minimum absolute atomic E-state index is 1.27. The maximum absolute atomic E-state index is 2.47. The molecule has 0 aliphatic rings. The zero-order valence-electron chi connectivity index (χ0n) is 14.9. The number of hydrogen-bond acceptors (Lipinski definition) is 0. The van der Waals surface area contributed by atoms with Gasteiger partial charge in [0.1, 0.15) is 0 Å². The highest BCUT2D eigenvalue weighted by atomic mass is 15.0. The molecule has 0 saturated carbocycles. The van der Waals surface area contributed by atoms with Gasteiger partial charge in [-0.05, 0) is 36.8 Å². The van der Waals surface area contributed by atoms with E-state index < -0.39 is 0 Å². The van der Waals surface area contributed by atoms with Gasteiger partial charge in [0.15, 0.2) is 0 Å². The van der Waals surface area contributed by atoms with Crippen molar-refractivity contribution in [3.63, 3.8) is 0 Å². The van der Waals surface area contributed by atoms with Gasteiger partial charge in [-0.3, -0.25) is 0 Å². The number of fused-ring (bicyclic) bond motifs is 8. The van der Waals surface area contributed by atoms with Crippen LogP contribution in [0.3, 0.4) is 0 Å². The molecule has 2 nitrogen and oxygen atoms in total. The van der Waals surface area contributed by atoms with Crippen LogP contribution in [-0.2, 0) is 0 Å². The molecule has 7 aromatic rings. The maximum atomic E-state index is 2.47. The van der Waals surface area contributed by atoms with Gasteiger partial charge in [-0.1, -0.05) is 54.6 Å². The lowest BCUT2D eigenvalue weighted by Crippen LogP contribution is -1.97. The van der Waals surface area contributed by atoms with Gasteiger partial charge in [0, 0.05) is 21.5 Å². The second-order valence-electron chi connectivity index (χ2n) is 7.50. The summed E-state index contributed by atoms with van der Waals surface area (Å²) in [6.07, 6.45) is 0. The monoisotopic (exact) mass is 344 g/mol. The van der Waals surface area contributed by atoms with Crippen LogP contribution in [0.2, 0.25) is 0 Å². The highest BCUT2D eigenvalue weighted by molar-refractivity contribution is 6.22. The van der Waals surface area contributed by atoms with Gasteiger partial charge in [0.25, 0.3) is 0 Å². The van der Waals surface area contributed by atoms with Crippen LogP contribution in [0.1, 0.15) is 5.56 Å². The van der Waals surface area contributed by atoms with Crippen molar-refractivity contribution in [2.24, 2.45) is 0 Å². The third kappa shape index (κ3) is 1.42. The number of benzene rings is 4. The summed E-state index contributed by atoms with van der Waals surface area (Å²) in [6.45, 7) is 2.22. The van der Waals surface area contributed by atoms with Gasteiger partial charge in [0.05, 0.1) is 33.1 Å². The van der Waals surface area contributed by atoms with Gasteiger partial charge in [-0.25, -0.2) is 0 Å². The summed E-state index contributed by atoms with van der Waals surface area (Å²) in [5.41, 5.74) is 9.06. The van der Waals surface area contributed by atoms with E-state index in [-0.39, 0.29) is 0 Å². The summed E-state index contributed by atoms with van der Waals surface area (Å²) in [4.78, 5) is 0. The number of aromatic nitrogens is 2. The minimum atomic E-state index is 1.27. The molecule has 3 aromatic heterocycles. The molecule has 0 aliphatic heterocycles. The quantitative estimate of drug-likeness (QED) is 0.276. The Morgan fingerprint density at radius 2 is 1.07 bits per heavy atom. The second kappa shape index (κ2) is 4.41. The highest BCUT2D eigenvalue weighted by Gasteiger charge is 2.20. The summed E-state index contributed by atoms with van der Waals surface area (Å²) in [7, 11) is 0. The first kappa shape index (κ1) is 13.7. The second-order valence-corrected chi connectivity index (χ2v) is 7.50. The van der Waals surface area contributed by atoms with E-state index in [1.165, 1.54) is 60.2 Å². The van der Waals surface area contributed by atoms with E-state index in [2.05, 4.69) is 94.6 Å². The molecule has 0 amide bonds. The molecule has 0 spiro atoms. The van der Waals surface area contributed by atoms with Gasteiger partial charge in [-0.15, -0.1) is 0 Å². The third-order valence-corrected chi connectivity index (χ3v) is 6.16. The first-order chi connectivity index (χ1) is 13.3. The van der Waals surface area contributed by atoms with Crippen LogP contribution in [0, 0.1) is 6.92 Å². The molecule has 0 N–H and O–H groups in total. The molecule has 3 heterocycles. The van der Waals surface area contributed by atoms with Crippen molar-refractivity contribution < 1.29 is 0 Å². The normalized spacial score (nSPS) is 12.6. The van der Waals surface area contributed by atoms with E-state index in [4.69, 9.17) is 0 Å². The predicted octanol–water partition coefficient (Wildman–Crippen LogP) is 6.55. The molecular formula is C25H16N2. The standard InChI is InChI=1S/C25H16N2/c1-15-13-14-22-25-23(15)18-8-3-5-11-20(18)27(25)21-12-6-9-17-16-7-2-4-10-19(16)26(22)24(17)21/h2-14H,1H3. The summed E-state index contributed by atoms with van der Waals surface area (Å²) in [6, 6.07) is 28.8. The lowest BCUT2D eigenvalue weighted by molar-refractivity contribution is 1.25. The van der Waals surface area contributed by atoms with Crippen LogP contribution in [0.15, 0.2) is 78.9 Å². The van der Waals surface area contributed by atoms with E-state index in [0.29, 0.717) is 0 Å². The van der Waals surface area contributed by atoms with Crippen molar-refractivity contribution >= 4 is 54.6 Å². The number of hydrogen-bond donors (Lipinski definition) is 0. The largest absolute Gasteiger partial charge is 0.305 e. The van der Waals surface area contributed by atoms with Crippen molar-refractivity contribution in [1.29, 1.82) is 0 Å². The zero-order chi connectivity index (χ0) is 17.7. The SMILES string of the molecule is Cc1ccc2c3c1c1ccccc1n3c1cccc3c4ccccc4n2c31. The van der Waals surface area contributed by atoms with Gasteiger partial charge in [0.2, 0.25) is 0 Å². The molecule has 27 heavy (non-hydrogen) atoms. The maximum Gasteiger partial charge on any atom is 0.0785 e. The molecule has 126 valence electrons. The van der Waals surface area contributed by atoms with Crippen molar-refractivity contribution in [2.45, 2.75) is 6.92 Å². The topological polar surface area (TPSA) is 8.82 Å². The number of nitrogens with zero attached hydrogens (tertiary/aromatic N) is 2. The summed E-state index contributed by atoms with van der Waals surface area (Å²) < 4.78 is 4.93. The molecule has 7 rings (SSSR count). The van der Waals surface area contributed by atoms with Crippen molar-refractivity contribution in [1.82, 2.24) is 8.80 Å². The number of rotatable bonds is 0. The van der Waals surface area contributed by atoms with E-state index in [0.717, 1.165) is 0 Å². The van der Waals surface area contributed by atoms with E-state index >= 15 is 0 Å². The molecule has 0 radical (unpaired) electrons. The Morgan fingerprint density at radius 3 is 1.93 bits per heavy atom. The zero-order valence-corrected chi connectivity index (χ0v) is 14.9. The summed E-state index contributed by atoms with van der Waals surface area (Å²) >= 11 is 0. The summed E-state index contributed by atoms with van der Waals surface area (Å²) in [5, 5.41) is 5.33. The Kier molecular flexibility index (Phi) is 2.23. The van der Waals surface area contributed by atoms with Crippen molar-refractivity contribution in [3.05, 3.63) is 84.4 Å². The van der Waals surface area contributed by atoms with Crippen LogP contribution in [-0.4, -0.2) is 8.80 Å². The van der Waals surface area contributed by atoms with Crippen molar-refractivity contribution in [2.75, 3.05) is 0 Å². The van der Waals surface area contributed by atoms with Crippen LogP contribution in [0.25, 0.3) is 54.6 Å². The fraction of sp³-hybridized carbons (Fsp3) is 0.0400. The van der Waals surface area contributed by atoms with E-state index in [1.807, 2.05) is 0 Å². The fourth-order valence-electron chi connectivity index (χ4n) is 5.11. The molecule has 4 aromatic carbocycles. The Bertz CT molecular complexity index is 1680.